The fourth-order valence-corrected chi connectivity index (χ4v) is 9.81. The van der Waals surface area contributed by atoms with Crippen LogP contribution in [0.1, 0.15) is 25.7 Å². The molecule has 4 aliphatic heterocycles. The highest BCUT2D eigenvalue weighted by Gasteiger charge is 2.75. The lowest BCUT2D eigenvalue weighted by Crippen LogP contribution is -2.56. The van der Waals surface area contributed by atoms with Gasteiger partial charge in [0.2, 0.25) is 11.8 Å². The molecule has 4 saturated heterocycles. The third-order valence-electron chi connectivity index (χ3n) is 7.82. The summed E-state index contributed by atoms with van der Waals surface area (Å²) in [6, 6.07) is -0.696. The summed E-state index contributed by atoms with van der Waals surface area (Å²) in [5.41, 5.74) is 0. The number of nitrogens with zero attached hydrogens (tertiary/aromatic N) is 3. The maximum absolute atomic E-state index is 14.2. The monoisotopic (exact) mass is 573 g/mol. The summed E-state index contributed by atoms with van der Waals surface area (Å²) in [4.78, 5) is 45.8. The van der Waals surface area contributed by atoms with Crippen LogP contribution < -0.4 is 0 Å². The van der Waals surface area contributed by atoms with E-state index in [4.69, 9.17) is 9.84 Å². The summed E-state index contributed by atoms with van der Waals surface area (Å²) in [6.45, 7) is 8.94. The summed E-state index contributed by atoms with van der Waals surface area (Å²) >= 11 is 5.21. The number of carbonyl (C=O) groups is 3. The van der Waals surface area contributed by atoms with Gasteiger partial charge >= 0.3 is 5.97 Å². The van der Waals surface area contributed by atoms with Gasteiger partial charge in [-0.05, 0) is 25.7 Å². The summed E-state index contributed by atoms with van der Waals surface area (Å²) < 4.78 is 4.68. The summed E-state index contributed by atoms with van der Waals surface area (Å²) in [6.07, 6.45) is 4.34. The second kappa shape index (κ2) is 11.5. The number of aliphatic hydroxyl groups excluding tert-OH is 1. The molecule has 9 nitrogen and oxygen atoms in total. The third-order valence-corrected chi connectivity index (χ3v) is 11.0. The number of alkyl halides is 1. The SMILES string of the molecule is C=CCN(CCN1CCOCC1)C(=O)C1N(CCCCCO)C(=O)[C@@H]2[C@@H](C(=O)O)[C@@H]3SC12CC3Br. The van der Waals surface area contributed by atoms with E-state index in [9.17, 15) is 19.5 Å². The van der Waals surface area contributed by atoms with Gasteiger partial charge in [0.1, 0.15) is 6.04 Å². The number of halogens is 1. The number of hydrogen-bond acceptors (Lipinski definition) is 7. The lowest BCUT2D eigenvalue weighted by atomic mass is 9.71. The average Bonchev–Trinajstić information content (AvgIpc) is 3.43. The van der Waals surface area contributed by atoms with E-state index in [-0.39, 0.29) is 28.5 Å². The number of morpholine rings is 1. The number of carbonyl (C=O) groups excluding carboxylic acids is 2. The van der Waals surface area contributed by atoms with E-state index in [1.54, 1.807) is 15.9 Å². The van der Waals surface area contributed by atoms with Gasteiger partial charge in [-0.25, -0.2) is 0 Å². The summed E-state index contributed by atoms with van der Waals surface area (Å²) in [7, 11) is 0. The fraction of sp³-hybridized carbons (Fsp3) is 0.792. The van der Waals surface area contributed by atoms with E-state index in [0.29, 0.717) is 58.7 Å². The van der Waals surface area contributed by atoms with Crippen LogP contribution >= 0.6 is 27.7 Å². The van der Waals surface area contributed by atoms with Gasteiger partial charge in [-0.3, -0.25) is 19.3 Å². The van der Waals surface area contributed by atoms with E-state index in [1.807, 2.05) is 0 Å². The standard InChI is InChI=1S/C24H36BrN3O6S/c1-2-6-27(9-8-26-10-13-34-14-11-26)22(31)20-24-15-16(25)19(35-24)17(23(32)33)18(24)21(30)28(20)7-4-3-5-12-29/h2,16-20,29H,1,3-15H2,(H,32,33)/t16?,17-,18+,19-,20?,24?/m1/s1. The van der Waals surface area contributed by atoms with Crippen LogP contribution in [0.3, 0.4) is 0 Å². The summed E-state index contributed by atoms with van der Waals surface area (Å²) in [5, 5.41) is 19.0. The zero-order chi connectivity index (χ0) is 25.2. The van der Waals surface area contributed by atoms with Crippen molar-refractivity contribution in [3.63, 3.8) is 0 Å². The Morgan fingerprint density at radius 1 is 1.26 bits per heavy atom. The van der Waals surface area contributed by atoms with E-state index < -0.39 is 28.6 Å². The van der Waals surface area contributed by atoms with E-state index in [0.717, 1.165) is 19.5 Å². The first-order valence-corrected chi connectivity index (χ1v) is 14.3. The molecule has 4 fully saturated rings. The number of rotatable bonds is 12. The molecule has 6 atom stereocenters. The molecule has 0 saturated carbocycles. The molecule has 2 amide bonds. The Morgan fingerprint density at radius 2 is 2.00 bits per heavy atom. The summed E-state index contributed by atoms with van der Waals surface area (Å²) in [5.74, 6) is -2.78. The number of aliphatic hydroxyl groups is 1. The minimum Gasteiger partial charge on any atom is -0.481 e. The van der Waals surface area contributed by atoms with Crippen molar-refractivity contribution in [1.82, 2.24) is 14.7 Å². The zero-order valence-electron chi connectivity index (χ0n) is 20.0. The first-order chi connectivity index (χ1) is 16.9. The van der Waals surface area contributed by atoms with Gasteiger partial charge in [0, 0.05) is 56.0 Å². The molecule has 4 aliphatic rings. The molecular weight excluding hydrogens is 538 g/mol. The normalized spacial score (nSPS) is 34.3. The van der Waals surface area contributed by atoms with Crippen LogP contribution in [0.15, 0.2) is 12.7 Å². The minimum atomic E-state index is -0.963. The maximum atomic E-state index is 14.2. The van der Waals surface area contributed by atoms with Gasteiger partial charge in [-0.1, -0.05) is 22.0 Å². The smallest absolute Gasteiger partial charge is 0.308 e. The number of unbranched alkanes of at least 4 members (excludes halogenated alkanes) is 2. The number of ether oxygens (including phenoxy) is 1. The molecule has 0 aromatic rings. The minimum absolute atomic E-state index is 0.0523. The molecule has 4 heterocycles. The lowest BCUT2D eigenvalue weighted by molar-refractivity contribution is -0.148. The van der Waals surface area contributed by atoms with Crippen molar-refractivity contribution in [3.8, 4) is 0 Å². The first kappa shape index (κ1) is 26.9. The highest BCUT2D eigenvalue weighted by Crippen LogP contribution is 2.67. The predicted octanol–water partition coefficient (Wildman–Crippen LogP) is 1.05. The van der Waals surface area contributed by atoms with Crippen molar-refractivity contribution in [2.24, 2.45) is 11.8 Å². The van der Waals surface area contributed by atoms with Crippen LogP contribution in [-0.2, 0) is 19.1 Å². The first-order valence-electron chi connectivity index (χ1n) is 12.5. The highest BCUT2D eigenvalue weighted by molar-refractivity contribution is 9.09. The van der Waals surface area contributed by atoms with Gasteiger partial charge in [0.05, 0.1) is 29.8 Å². The molecule has 2 N–H and O–H groups in total. The molecule has 11 heteroatoms. The average molecular weight is 575 g/mol. The van der Waals surface area contributed by atoms with Crippen molar-refractivity contribution >= 4 is 45.5 Å². The molecule has 0 aromatic carbocycles. The molecule has 0 aliphatic carbocycles. The topological polar surface area (TPSA) is 111 Å². The van der Waals surface area contributed by atoms with E-state index in [1.165, 1.54) is 11.8 Å². The Hall–Kier alpha value is -1.14. The number of fused-ring (bicyclic) bond motifs is 1. The molecule has 196 valence electrons. The maximum Gasteiger partial charge on any atom is 0.308 e. The van der Waals surface area contributed by atoms with Crippen molar-refractivity contribution in [1.29, 1.82) is 0 Å². The largest absolute Gasteiger partial charge is 0.481 e. The predicted molar refractivity (Wildman–Crippen MR) is 137 cm³/mol. The molecule has 35 heavy (non-hydrogen) atoms. The quantitative estimate of drug-likeness (QED) is 0.202. The molecule has 3 unspecified atom stereocenters. The van der Waals surface area contributed by atoms with Gasteiger partial charge in [0.15, 0.2) is 0 Å². The Bertz CT molecular complexity index is 827. The van der Waals surface area contributed by atoms with Crippen molar-refractivity contribution in [2.75, 3.05) is 59.1 Å². The van der Waals surface area contributed by atoms with Crippen molar-refractivity contribution < 1.29 is 29.3 Å². The Morgan fingerprint density at radius 3 is 2.66 bits per heavy atom. The van der Waals surface area contributed by atoms with Crippen LogP contribution in [0.2, 0.25) is 0 Å². The number of likely N-dealkylation sites (tertiary alicyclic amines) is 1. The number of aliphatic carboxylic acids is 1. The number of thioether (sulfide) groups is 1. The van der Waals surface area contributed by atoms with E-state index in [2.05, 4.69) is 27.4 Å². The second-order valence-corrected chi connectivity index (χ2v) is 12.6. The van der Waals surface area contributed by atoms with Crippen LogP contribution in [0, 0.1) is 11.8 Å². The van der Waals surface area contributed by atoms with Crippen LogP contribution in [0.5, 0.6) is 0 Å². The van der Waals surface area contributed by atoms with Gasteiger partial charge < -0.3 is 24.7 Å². The molecule has 0 radical (unpaired) electrons. The van der Waals surface area contributed by atoms with Crippen LogP contribution in [-0.4, -0.2) is 123 Å². The molecular formula is C24H36BrN3O6S. The number of carboxylic acids is 1. The molecule has 4 rings (SSSR count). The fourth-order valence-electron chi connectivity index (χ4n) is 6.21. The van der Waals surface area contributed by atoms with Gasteiger partial charge in [-0.15, -0.1) is 18.3 Å². The molecule has 0 aromatic heterocycles. The van der Waals surface area contributed by atoms with Gasteiger partial charge in [0.25, 0.3) is 0 Å². The second-order valence-electron chi connectivity index (χ2n) is 9.84. The zero-order valence-corrected chi connectivity index (χ0v) is 22.4. The Kier molecular flexibility index (Phi) is 8.84. The Balaban J connectivity index is 1.60. The lowest BCUT2D eigenvalue weighted by Gasteiger charge is -2.38. The highest BCUT2D eigenvalue weighted by atomic mass is 79.9. The van der Waals surface area contributed by atoms with Crippen molar-refractivity contribution in [2.45, 2.75) is 46.5 Å². The van der Waals surface area contributed by atoms with Crippen LogP contribution in [0.25, 0.3) is 0 Å². The van der Waals surface area contributed by atoms with E-state index >= 15 is 0 Å². The Labute approximate surface area is 219 Å². The van der Waals surface area contributed by atoms with Gasteiger partial charge in [-0.2, -0.15) is 0 Å². The van der Waals surface area contributed by atoms with Crippen molar-refractivity contribution in [3.05, 3.63) is 12.7 Å². The van der Waals surface area contributed by atoms with Crippen LogP contribution in [0.4, 0.5) is 0 Å². The third kappa shape index (κ3) is 5.03. The number of hydrogen-bond donors (Lipinski definition) is 2. The number of amides is 2. The number of carboxylic acid groups (broad SMARTS) is 1. The molecule has 2 bridgehead atoms. The molecule has 1 spiro atoms.